The average Bonchev–Trinajstić information content (AvgIpc) is 2.56. The predicted molar refractivity (Wildman–Crippen MR) is 94.5 cm³/mol. The molecular formula is C19H24FN3Y-2. The number of rotatable bonds is 2. The van der Waals surface area contributed by atoms with Crippen LogP contribution < -0.4 is 0 Å². The molecule has 2 aromatic rings. The molecule has 3 nitrogen and oxygen atoms in total. The maximum Gasteiger partial charge on any atom is 0.142 e. The number of hydrogen-bond donors (Lipinski definition) is 0. The van der Waals surface area contributed by atoms with Gasteiger partial charge in [0.2, 0.25) is 0 Å². The Kier molecular flexibility index (Phi) is 9.64. The summed E-state index contributed by atoms with van der Waals surface area (Å²) in [5, 5.41) is 4.23. The van der Waals surface area contributed by atoms with E-state index in [9.17, 15) is 4.39 Å². The normalized spacial score (nSPS) is 14.3. The Balaban J connectivity index is 0.000000304. The molecule has 127 valence electrons. The molecule has 0 atom stereocenters. The molecule has 1 aromatic heterocycles. The topological polar surface area (TPSA) is 50.8 Å². The van der Waals surface area contributed by atoms with Crippen LogP contribution in [0.5, 0.6) is 0 Å². The Hall–Kier alpha value is -0.836. The van der Waals surface area contributed by atoms with Crippen molar-refractivity contribution >= 4 is 5.69 Å². The van der Waals surface area contributed by atoms with Crippen LogP contribution in [0.25, 0.3) is 22.2 Å². The second-order valence-electron chi connectivity index (χ2n) is 5.97. The molecule has 1 saturated heterocycles. The molecule has 0 aliphatic carbocycles. The SMILES string of the molecule is CC1CC[N-]CC1.CCc1ccc([NH-])cc1-c1cncc(F)c1.[Y]. The first-order valence-corrected chi connectivity index (χ1v) is 8.19. The predicted octanol–water partition coefficient (Wildman–Crippen LogP) is 5.92. The Labute approximate surface area is 169 Å². The zero-order chi connectivity index (χ0) is 16.7. The number of pyridine rings is 1. The molecule has 5 heteroatoms. The van der Waals surface area contributed by atoms with Crippen LogP contribution in [-0.2, 0) is 39.1 Å². The van der Waals surface area contributed by atoms with Gasteiger partial charge in [-0.2, -0.15) is 0 Å². The maximum atomic E-state index is 13.1. The van der Waals surface area contributed by atoms with Crippen molar-refractivity contribution in [2.45, 2.75) is 33.1 Å². The third-order valence-corrected chi connectivity index (χ3v) is 4.07. The van der Waals surface area contributed by atoms with Gasteiger partial charge in [0.1, 0.15) is 5.82 Å². The average molecular weight is 402 g/mol. The van der Waals surface area contributed by atoms with E-state index in [1.807, 2.05) is 13.0 Å². The van der Waals surface area contributed by atoms with Crippen molar-refractivity contribution in [3.8, 4) is 11.1 Å². The van der Waals surface area contributed by atoms with E-state index in [0.29, 0.717) is 5.69 Å². The van der Waals surface area contributed by atoms with Gasteiger partial charge < -0.3 is 11.1 Å². The smallest absolute Gasteiger partial charge is 0.142 e. The third kappa shape index (κ3) is 6.58. The standard InChI is InChI=1S/C13H12FN2.C6H12N.Y/c1-2-9-3-4-12(15)6-13(9)10-5-11(14)8-16-7-10;1-6-2-4-7-5-3-6;/h3-8,15H,2H2,1H3;6H,2-5H2,1H3;/q2*-1;. The molecule has 1 N–H and O–H groups in total. The summed E-state index contributed by atoms with van der Waals surface area (Å²) in [5.74, 6) is 0.590. The van der Waals surface area contributed by atoms with Crippen molar-refractivity contribution in [1.29, 1.82) is 0 Å². The Morgan fingerprint density at radius 1 is 1.21 bits per heavy atom. The van der Waals surface area contributed by atoms with Gasteiger partial charge in [0.25, 0.3) is 0 Å². The fourth-order valence-corrected chi connectivity index (χ4v) is 2.59. The van der Waals surface area contributed by atoms with Gasteiger partial charge in [0, 0.05) is 44.5 Å². The van der Waals surface area contributed by atoms with Gasteiger partial charge in [-0.05, 0) is 29.5 Å². The molecule has 2 heterocycles. The second kappa shape index (κ2) is 10.9. The van der Waals surface area contributed by atoms with Gasteiger partial charge in [-0.25, -0.2) is 4.39 Å². The molecule has 0 saturated carbocycles. The van der Waals surface area contributed by atoms with Gasteiger partial charge in [0.05, 0.1) is 6.20 Å². The minimum absolute atomic E-state index is 0. The fraction of sp³-hybridized carbons (Fsp3) is 0.421. The molecule has 1 radical (unpaired) electrons. The van der Waals surface area contributed by atoms with Crippen molar-refractivity contribution in [2.24, 2.45) is 5.92 Å². The molecule has 1 aliphatic heterocycles. The van der Waals surface area contributed by atoms with E-state index in [-0.39, 0.29) is 38.5 Å². The first-order valence-electron chi connectivity index (χ1n) is 8.19. The monoisotopic (exact) mass is 402 g/mol. The summed E-state index contributed by atoms with van der Waals surface area (Å²) in [7, 11) is 0. The van der Waals surface area contributed by atoms with Crippen molar-refractivity contribution in [1.82, 2.24) is 4.98 Å². The number of nitrogens with zero attached hydrogens (tertiary/aromatic N) is 2. The van der Waals surface area contributed by atoms with Crippen molar-refractivity contribution < 1.29 is 37.1 Å². The van der Waals surface area contributed by atoms with Crippen molar-refractivity contribution in [2.75, 3.05) is 13.1 Å². The van der Waals surface area contributed by atoms with Crippen LogP contribution in [0.1, 0.15) is 32.3 Å². The van der Waals surface area contributed by atoms with Crippen LogP contribution in [0.2, 0.25) is 0 Å². The molecule has 1 aromatic carbocycles. The van der Waals surface area contributed by atoms with Crippen molar-refractivity contribution in [3.05, 3.63) is 59.1 Å². The summed E-state index contributed by atoms with van der Waals surface area (Å²) in [4.78, 5) is 3.83. The van der Waals surface area contributed by atoms with E-state index in [0.717, 1.165) is 42.1 Å². The van der Waals surface area contributed by atoms with E-state index in [4.69, 9.17) is 5.73 Å². The van der Waals surface area contributed by atoms with Crippen LogP contribution in [0.3, 0.4) is 0 Å². The number of nitrogens with one attached hydrogen (secondary N) is 1. The van der Waals surface area contributed by atoms with Crippen LogP contribution in [0.4, 0.5) is 10.1 Å². The minimum Gasteiger partial charge on any atom is -0.699 e. The maximum absolute atomic E-state index is 13.1. The molecule has 1 aliphatic rings. The molecule has 1 fully saturated rings. The molecule has 0 amide bonds. The Bertz CT molecular complexity index is 628. The third-order valence-electron chi connectivity index (χ3n) is 4.07. The summed E-state index contributed by atoms with van der Waals surface area (Å²) in [6.07, 6.45) is 6.29. The molecule has 0 bridgehead atoms. The number of halogens is 1. The molecular weight excluding hydrogens is 378 g/mol. The quantitative estimate of drug-likeness (QED) is 0.615. The number of benzene rings is 1. The van der Waals surface area contributed by atoms with E-state index in [2.05, 4.69) is 17.2 Å². The van der Waals surface area contributed by atoms with Gasteiger partial charge in [-0.3, -0.25) is 4.98 Å². The van der Waals surface area contributed by atoms with Crippen LogP contribution in [0, 0.1) is 11.7 Å². The number of piperidine rings is 1. The summed E-state index contributed by atoms with van der Waals surface area (Å²) < 4.78 is 13.1. The molecule has 3 rings (SSSR count). The molecule has 24 heavy (non-hydrogen) atoms. The number of aryl methyl sites for hydroxylation is 1. The second-order valence-corrected chi connectivity index (χ2v) is 5.97. The first kappa shape index (κ1) is 21.2. The Morgan fingerprint density at radius 3 is 2.46 bits per heavy atom. The van der Waals surface area contributed by atoms with Crippen LogP contribution >= 0.6 is 0 Å². The first-order chi connectivity index (χ1) is 11.1. The van der Waals surface area contributed by atoms with E-state index >= 15 is 0 Å². The Morgan fingerprint density at radius 2 is 1.92 bits per heavy atom. The summed E-state index contributed by atoms with van der Waals surface area (Å²) in [6, 6.07) is 6.84. The zero-order valence-electron chi connectivity index (χ0n) is 14.4. The summed E-state index contributed by atoms with van der Waals surface area (Å²) in [5.41, 5.74) is 10.7. The summed E-state index contributed by atoms with van der Waals surface area (Å²) >= 11 is 0. The van der Waals surface area contributed by atoms with Gasteiger partial charge in [-0.1, -0.05) is 44.9 Å². The largest absolute Gasteiger partial charge is 0.699 e. The number of aromatic nitrogens is 1. The van der Waals surface area contributed by atoms with Gasteiger partial charge >= 0.3 is 0 Å². The summed E-state index contributed by atoms with van der Waals surface area (Å²) in [6.45, 7) is 6.56. The molecule has 0 unspecified atom stereocenters. The van der Waals surface area contributed by atoms with Gasteiger partial charge in [0.15, 0.2) is 0 Å². The van der Waals surface area contributed by atoms with Crippen LogP contribution in [0.15, 0.2) is 36.7 Å². The van der Waals surface area contributed by atoms with Gasteiger partial charge in [-0.15, -0.1) is 18.8 Å². The molecule has 0 spiro atoms. The fourth-order valence-electron chi connectivity index (χ4n) is 2.59. The van der Waals surface area contributed by atoms with Crippen LogP contribution in [-0.4, -0.2) is 18.1 Å². The minimum atomic E-state index is -0.352. The van der Waals surface area contributed by atoms with Crippen molar-refractivity contribution in [3.63, 3.8) is 0 Å². The zero-order valence-corrected chi connectivity index (χ0v) is 17.3. The number of hydrogen-bond acceptors (Lipinski definition) is 1. The van der Waals surface area contributed by atoms with E-state index in [1.54, 1.807) is 18.3 Å². The van der Waals surface area contributed by atoms with E-state index in [1.165, 1.54) is 25.1 Å². The van der Waals surface area contributed by atoms with E-state index < -0.39 is 0 Å².